The van der Waals surface area contributed by atoms with E-state index in [0.29, 0.717) is 5.56 Å². The van der Waals surface area contributed by atoms with Crippen molar-refractivity contribution in [3.05, 3.63) is 97.6 Å². The molecule has 10 heteroatoms. The molecule has 1 saturated heterocycles. The van der Waals surface area contributed by atoms with Gasteiger partial charge in [0.05, 0.1) is 17.6 Å². The summed E-state index contributed by atoms with van der Waals surface area (Å²) in [7, 11) is 0. The van der Waals surface area contributed by atoms with Crippen LogP contribution in [0.1, 0.15) is 11.1 Å². The quantitative estimate of drug-likeness (QED) is 0.136. The summed E-state index contributed by atoms with van der Waals surface area (Å²) >= 11 is 8.85. The third kappa shape index (κ3) is 5.02. The first kappa shape index (κ1) is 23.7. The summed E-state index contributed by atoms with van der Waals surface area (Å²) in [4.78, 5) is 34.7. The van der Waals surface area contributed by atoms with Crippen LogP contribution >= 0.6 is 46.0 Å². The predicted octanol–water partition coefficient (Wildman–Crippen LogP) is 7.06. The van der Waals surface area contributed by atoms with E-state index in [4.69, 9.17) is 16.3 Å². The Morgan fingerprint density at radius 2 is 1.86 bits per heavy atom. The Bertz CT molecular complexity index is 1510. The predicted molar refractivity (Wildman–Crippen MR) is 142 cm³/mol. The maximum absolute atomic E-state index is 14.3. The van der Waals surface area contributed by atoms with Crippen LogP contribution in [0.4, 0.5) is 9.18 Å². The van der Waals surface area contributed by atoms with Crippen LogP contribution in [0.2, 0.25) is 5.28 Å². The van der Waals surface area contributed by atoms with Gasteiger partial charge in [-0.15, -0.1) is 0 Å². The largest absolute Gasteiger partial charge is 0.436 e. The van der Waals surface area contributed by atoms with Crippen LogP contribution in [0, 0.1) is 9.39 Å². The molecule has 0 saturated carbocycles. The molecule has 0 N–H and O–H groups in total. The zero-order valence-electron chi connectivity index (χ0n) is 17.7. The maximum Gasteiger partial charge on any atom is 0.293 e. The molecule has 0 radical (unpaired) electrons. The number of carbonyl (C=O) groups excluding carboxylic acids is 2. The smallest absolute Gasteiger partial charge is 0.293 e. The lowest BCUT2D eigenvalue weighted by atomic mass is 10.0. The molecular formula is C25H14ClFIN3O3S. The molecule has 1 aliphatic rings. The fourth-order valence-electron chi connectivity index (χ4n) is 3.56. The molecule has 35 heavy (non-hydrogen) atoms. The van der Waals surface area contributed by atoms with Crippen LogP contribution in [-0.4, -0.2) is 26.0 Å². The van der Waals surface area contributed by atoms with Gasteiger partial charge in [-0.3, -0.25) is 14.5 Å². The molecule has 5 rings (SSSR count). The minimum absolute atomic E-state index is 0.166. The Morgan fingerprint density at radius 1 is 1.09 bits per heavy atom. The zero-order chi connectivity index (χ0) is 24.5. The van der Waals surface area contributed by atoms with E-state index in [0.717, 1.165) is 37.9 Å². The lowest BCUT2D eigenvalue weighted by molar-refractivity contribution is -0.123. The molecule has 0 bridgehead atoms. The number of fused-ring (bicyclic) bond motifs is 1. The first-order chi connectivity index (χ1) is 16.9. The summed E-state index contributed by atoms with van der Waals surface area (Å²) in [6.45, 7) is 0.169. The first-order valence-electron chi connectivity index (χ1n) is 10.3. The second-order valence-corrected chi connectivity index (χ2v) is 10.1. The lowest BCUT2D eigenvalue weighted by Gasteiger charge is -2.13. The van der Waals surface area contributed by atoms with E-state index < -0.39 is 11.7 Å². The van der Waals surface area contributed by atoms with Crippen molar-refractivity contribution >= 4 is 73.9 Å². The Hall–Kier alpha value is -3.02. The Labute approximate surface area is 222 Å². The molecule has 6 nitrogen and oxygen atoms in total. The number of thioether (sulfide) groups is 1. The number of halogens is 3. The van der Waals surface area contributed by atoms with Crippen LogP contribution in [0.15, 0.2) is 71.8 Å². The molecule has 3 aromatic carbocycles. The Balaban J connectivity index is 1.54. The zero-order valence-corrected chi connectivity index (χ0v) is 21.5. The molecule has 0 spiro atoms. The van der Waals surface area contributed by atoms with Gasteiger partial charge in [0.1, 0.15) is 5.75 Å². The number of nitrogens with zero attached hydrogens (tertiary/aromatic N) is 3. The average molecular weight is 618 g/mol. The number of hydrogen-bond donors (Lipinski definition) is 0. The monoisotopic (exact) mass is 617 g/mol. The van der Waals surface area contributed by atoms with Crippen LogP contribution < -0.4 is 4.74 Å². The number of rotatable bonds is 5. The van der Waals surface area contributed by atoms with Crippen molar-refractivity contribution < 1.29 is 18.7 Å². The fourth-order valence-corrected chi connectivity index (χ4v) is 4.87. The van der Waals surface area contributed by atoms with Crippen molar-refractivity contribution in [1.29, 1.82) is 0 Å². The molecule has 174 valence electrons. The summed E-state index contributed by atoms with van der Waals surface area (Å²) in [5.74, 6) is -1.29. The average Bonchev–Trinajstić information content (AvgIpc) is 3.11. The van der Waals surface area contributed by atoms with E-state index in [1.54, 1.807) is 12.1 Å². The second-order valence-electron chi connectivity index (χ2n) is 7.49. The van der Waals surface area contributed by atoms with Gasteiger partial charge in [0.25, 0.3) is 17.0 Å². The minimum atomic E-state index is -0.786. The summed E-state index contributed by atoms with van der Waals surface area (Å²) in [6.07, 6.45) is 2.51. The highest BCUT2D eigenvalue weighted by atomic mass is 127. The fraction of sp³-hybridized carbons (Fsp3) is 0.0400. The lowest BCUT2D eigenvalue weighted by Crippen LogP contribution is -2.27. The van der Waals surface area contributed by atoms with Crippen LogP contribution in [-0.2, 0) is 11.3 Å². The number of ether oxygens (including phenoxy) is 1. The number of hydrogen-bond acceptors (Lipinski definition) is 6. The molecule has 2 heterocycles. The Kier molecular flexibility index (Phi) is 6.72. The van der Waals surface area contributed by atoms with Gasteiger partial charge in [0.15, 0.2) is 0 Å². The second kappa shape index (κ2) is 9.92. The van der Waals surface area contributed by atoms with E-state index in [1.165, 1.54) is 4.90 Å². The number of amides is 2. The molecule has 2 amide bonds. The topological polar surface area (TPSA) is 72.4 Å². The van der Waals surface area contributed by atoms with Crippen molar-refractivity contribution in [3.63, 3.8) is 0 Å². The minimum Gasteiger partial charge on any atom is -0.436 e. The van der Waals surface area contributed by atoms with E-state index in [2.05, 4.69) is 32.6 Å². The van der Waals surface area contributed by atoms with Crippen molar-refractivity contribution in [2.75, 3.05) is 0 Å². The third-order valence-corrected chi connectivity index (χ3v) is 7.03. The summed E-state index contributed by atoms with van der Waals surface area (Å²) < 4.78 is 21.1. The summed E-state index contributed by atoms with van der Waals surface area (Å²) in [5.41, 5.74) is 1.36. The standard InChI is InChI=1S/C25H14ClFIN3O3S/c26-24-29-12-19(27)22(30-24)34-20-10-7-15-3-1-2-4-17(15)18(20)11-21-23(32)31(25(33)35-21)13-14-5-8-16(28)9-6-14/h1-12H,13H2/b21-11+. The molecule has 0 aliphatic carbocycles. The summed E-state index contributed by atoms with van der Waals surface area (Å²) in [6, 6.07) is 18.5. The highest BCUT2D eigenvalue weighted by Gasteiger charge is 2.35. The van der Waals surface area contributed by atoms with Gasteiger partial charge < -0.3 is 4.74 Å². The van der Waals surface area contributed by atoms with Gasteiger partial charge in [0, 0.05) is 9.13 Å². The van der Waals surface area contributed by atoms with Crippen molar-refractivity contribution in [2.24, 2.45) is 0 Å². The van der Waals surface area contributed by atoms with Crippen molar-refractivity contribution in [1.82, 2.24) is 14.9 Å². The normalized spacial score (nSPS) is 14.8. The molecule has 0 atom stereocenters. The Morgan fingerprint density at radius 3 is 2.66 bits per heavy atom. The number of carbonyl (C=O) groups is 2. The van der Waals surface area contributed by atoms with Crippen LogP contribution in [0.5, 0.6) is 11.6 Å². The van der Waals surface area contributed by atoms with Crippen LogP contribution in [0.3, 0.4) is 0 Å². The highest BCUT2D eigenvalue weighted by molar-refractivity contribution is 14.1. The molecule has 1 aromatic heterocycles. The van der Waals surface area contributed by atoms with Gasteiger partial charge in [-0.05, 0) is 86.6 Å². The summed E-state index contributed by atoms with van der Waals surface area (Å²) in [5, 5.41) is 1.11. The van der Waals surface area contributed by atoms with Crippen molar-refractivity contribution in [3.8, 4) is 11.6 Å². The molecule has 4 aromatic rings. The molecular weight excluding hydrogens is 604 g/mol. The first-order valence-corrected chi connectivity index (χ1v) is 12.5. The highest BCUT2D eigenvalue weighted by Crippen LogP contribution is 2.38. The van der Waals surface area contributed by atoms with Gasteiger partial charge in [-0.2, -0.15) is 9.37 Å². The third-order valence-electron chi connectivity index (χ3n) is 5.22. The van der Waals surface area contributed by atoms with E-state index in [1.807, 2.05) is 54.6 Å². The van der Waals surface area contributed by atoms with Crippen molar-refractivity contribution in [2.45, 2.75) is 6.54 Å². The van der Waals surface area contributed by atoms with E-state index >= 15 is 0 Å². The van der Waals surface area contributed by atoms with Gasteiger partial charge in [0.2, 0.25) is 11.1 Å². The maximum atomic E-state index is 14.3. The number of aromatic nitrogens is 2. The van der Waals surface area contributed by atoms with E-state index in [-0.39, 0.29) is 33.6 Å². The van der Waals surface area contributed by atoms with Gasteiger partial charge in [-0.25, -0.2) is 4.98 Å². The van der Waals surface area contributed by atoms with Gasteiger partial charge in [-0.1, -0.05) is 42.5 Å². The van der Waals surface area contributed by atoms with E-state index in [9.17, 15) is 14.0 Å². The number of benzene rings is 3. The molecule has 1 aliphatic heterocycles. The molecule has 0 unspecified atom stereocenters. The molecule has 1 fully saturated rings. The van der Waals surface area contributed by atoms with Crippen LogP contribution in [0.25, 0.3) is 16.8 Å². The number of imide groups is 1. The SMILES string of the molecule is O=C1S/C(=C/c2c(Oc3nc(Cl)ncc3F)ccc3ccccc23)C(=O)N1Cc1ccc(I)cc1. The van der Waals surface area contributed by atoms with Gasteiger partial charge >= 0.3 is 0 Å².